The topological polar surface area (TPSA) is 81.7 Å². The second kappa shape index (κ2) is 7.90. The molecule has 1 fully saturated rings. The number of aryl methyl sites for hydroxylation is 1. The van der Waals surface area contributed by atoms with Crippen LogP contribution < -0.4 is 10.6 Å². The number of carbonyl (C=O) groups is 2. The van der Waals surface area contributed by atoms with Gasteiger partial charge >= 0.3 is 0 Å². The minimum atomic E-state index is -0.503. The summed E-state index contributed by atoms with van der Waals surface area (Å²) in [5, 5.41) is 17.2. The number of nitrogens with zero attached hydrogens (tertiary/aromatic N) is 1. The highest BCUT2D eigenvalue weighted by Gasteiger charge is 2.39. The van der Waals surface area contributed by atoms with Crippen LogP contribution in [0, 0.1) is 12.8 Å². The Labute approximate surface area is 140 Å². The van der Waals surface area contributed by atoms with Crippen molar-refractivity contribution in [2.75, 3.05) is 26.7 Å². The first-order chi connectivity index (χ1) is 11.0. The highest BCUT2D eigenvalue weighted by Crippen LogP contribution is 2.25. The van der Waals surface area contributed by atoms with Gasteiger partial charge in [0, 0.05) is 23.9 Å². The van der Waals surface area contributed by atoms with Crippen molar-refractivity contribution in [3.63, 3.8) is 0 Å². The Morgan fingerprint density at radius 2 is 2.26 bits per heavy atom. The summed E-state index contributed by atoms with van der Waals surface area (Å²) in [4.78, 5) is 27.5. The van der Waals surface area contributed by atoms with E-state index in [0.717, 1.165) is 4.88 Å². The molecule has 7 heteroatoms. The van der Waals surface area contributed by atoms with Crippen LogP contribution in [0.3, 0.4) is 0 Å². The van der Waals surface area contributed by atoms with Crippen LogP contribution in [0.5, 0.6) is 0 Å². The molecule has 2 unspecified atom stereocenters. The molecule has 3 N–H and O–H groups in total. The van der Waals surface area contributed by atoms with Gasteiger partial charge in [-0.15, -0.1) is 11.3 Å². The van der Waals surface area contributed by atoms with E-state index in [9.17, 15) is 14.7 Å². The molecule has 6 nitrogen and oxygen atoms in total. The van der Waals surface area contributed by atoms with Crippen LogP contribution >= 0.6 is 11.3 Å². The number of carbonyl (C=O) groups excluding carboxylic acids is 2. The van der Waals surface area contributed by atoms with Crippen molar-refractivity contribution in [3.8, 4) is 0 Å². The average molecular weight is 339 g/mol. The molecule has 1 aromatic heterocycles. The molecule has 0 spiro atoms. The number of likely N-dealkylation sites (tertiary alicyclic amines) is 1. The number of nitrogens with one attached hydrogen (secondary N) is 2. The van der Waals surface area contributed by atoms with Crippen molar-refractivity contribution in [2.24, 2.45) is 5.92 Å². The van der Waals surface area contributed by atoms with Crippen molar-refractivity contribution in [1.29, 1.82) is 0 Å². The van der Waals surface area contributed by atoms with Crippen molar-refractivity contribution in [2.45, 2.75) is 32.4 Å². The van der Waals surface area contributed by atoms with E-state index in [0.29, 0.717) is 13.0 Å². The van der Waals surface area contributed by atoms with Gasteiger partial charge in [0.1, 0.15) is 6.04 Å². The van der Waals surface area contributed by atoms with E-state index in [-0.39, 0.29) is 36.9 Å². The quantitative estimate of drug-likeness (QED) is 0.711. The summed E-state index contributed by atoms with van der Waals surface area (Å²) in [7, 11) is 1.70. The molecule has 1 aliphatic heterocycles. The summed E-state index contributed by atoms with van der Waals surface area (Å²) in [5.41, 5.74) is 1.18. The molecule has 0 aliphatic carbocycles. The first-order valence-corrected chi connectivity index (χ1v) is 8.74. The van der Waals surface area contributed by atoms with Crippen LogP contribution in [0.4, 0.5) is 0 Å². The number of hydrogen-bond donors (Lipinski definition) is 3. The normalized spacial score (nSPS) is 22.2. The van der Waals surface area contributed by atoms with Gasteiger partial charge in [-0.25, -0.2) is 0 Å². The maximum atomic E-state index is 12.6. The number of amides is 2. The van der Waals surface area contributed by atoms with Gasteiger partial charge in [0.05, 0.1) is 12.6 Å². The monoisotopic (exact) mass is 339 g/mol. The molecule has 0 radical (unpaired) electrons. The zero-order valence-electron chi connectivity index (χ0n) is 13.8. The third kappa shape index (κ3) is 4.31. The van der Waals surface area contributed by atoms with Gasteiger partial charge in [-0.3, -0.25) is 9.59 Å². The molecule has 23 heavy (non-hydrogen) atoms. The third-order valence-electron chi connectivity index (χ3n) is 4.13. The van der Waals surface area contributed by atoms with E-state index in [1.165, 1.54) is 5.56 Å². The molecule has 128 valence electrons. The van der Waals surface area contributed by atoms with Gasteiger partial charge in [-0.2, -0.15) is 0 Å². The summed E-state index contributed by atoms with van der Waals surface area (Å²) >= 11 is 1.62. The predicted molar refractivity (Wildman–Crippen MR) is 90.2 cm³/mol. The number of hydrogen-bond acceptors (Lipinski definition) is 5. The van der Waals surface area contributed by atoms with Gasteiger partial charge in [-0.05, 0) is 44.3 Å². The number of aliphatic hydroxyl groups excluding tert-OH is 1. The van der Waals surface area contributed by atoms with E-state index in [1.54, 1.807) is 23.3 Å². The smallest absolute Gasteiger partial charge is 0.243 e. The van der Waals surface area contributed by atoms with Crippen LogP contribution in [-0.4, -0.2) is 54.6 Å². The molecule has 1 aliphatic rings. The molecule has 2 heterocycles. The highest BCUT2D eigenvalue weighted by atomic mass is 32.1. The van der Waals surface area contributed by atoms with E-state index < -0.39 is 6.04 Å². The number of aliphatic hydroxyl groups is 1. The third-order valence-corrected chi connectivity index (χ3v) is 5.37. The van der Waals surface area contributed by atoms with E-state index >= 15 is 0 Å². The Bertz CT molecular complexity index is 561. The lowest BCUT2D eigenvalue weighted by atomic mass is 10.1. The summed E-state index contributed by atoms with van der Waals surface area (Å²) in [5.74, 6) is -0.293. The molecule has 0 aromatic carbocycles. The van der Waals surface area contributed by atoms with Crippen LogP contribution in [0.15, 0.2) is 11.4 Å². The summed E-state index contributed by atoms with van der Waals surface area (Å²) in [6, 6.07) is 1.47. The lowest BCUT2D eigenvalue weighted by Gasteiger charge is -2.25. The Kier molecular flexibility index (Phi) is 6.15. The Balaban J connectivity index is 2.04. The molecule has 3 atom stereocenters. The molecule has 2 amide bonds. The maximum Gasteiger partial charge on any atom is 0.243 e. The van der Waals surface area contributed by atoms with E-state index in [1.807, 2.05) is 13.8 Å². The van der Waals surface area contributed by atoms with Crippen LogP contribution in [-0.2, 0) is 9.59 Å². The van der Waals surface area contributed by atoms with Gasteiger partial charge in [0.15, 0.2) is 0 Å². The van der Waals surface area contributed by atoms with Crippen LogP contribution in [0.2, 0.25) is 0 Å². The van der Waals surface area contributed by atoms with Crippen molar-refractivity contribution < 1.29 is 14.7 Å². The SMILES string of the molecule is CNCC(=O)N1CC(CO)CC1C(=O)N[C@H](C)c1cc(C)cs1. The average Bonchev–Trinajstić information content (AvgIpc) is 3.13. The van der Waals surface area contributed by atoms with Gasteiger partial charge in [-0.1, -0.05) is 0 Å². The van der Waals surface area contributed by atoms with Crippen LogP contribution in [0.1, 0.15) is 29.8 Å². The van der Waals surface area contributed by atoms with Crippen molar-refractivity contribution >= 4 is 23.2 Å². The van der Waals surface area contributed by atoms with Gasteiger partial charge in [0.2, 0.25) is 11.8 Å². The number of rotatable bonds is 6. The molecule has 1 saturated heterocycles. The fourth-order valence-corrected chi connectivity index (χ4v) is 3.80. The second-order valence-corrected chi connectivity index (χ2v) is 7.08. The number of thiophene rings is 1. The first-order valence-electron chi connectivity index (χ1n) is 7.86. The summed E-state index contributed by atoms with van der Waals surface area (Å²) < 4.78 is 0. The predicted octanol–water partition coefficient (Wildman–Crippen LogP) is 0.663. The molecule has 1 aromatic rings. The van der Waals surface area contributed by atoms with Crippen LogP contribution in [0.25, 0.3) is 0 Å². The van der Waals surface area contributed by atoms with E-state index in [4.69, 9.17) is 0 Å². The Hall–Kier alpha value is -1.44. The van der Waals surface area contributed by atoms with Gasteiger partial charge in [0.25, 0.3) is 0 Å². The molecule has 0 saturated carbocycles. The summed E-state index contributed by atoms with van der Waals surface area (Å²) in [6.45, 7) is 4.59. The largest absolute Gasteiger partial charge is 0.396 e. The minimum Gasteiger partial charge on any atom is -0.396 e. The van der Waals surface area contributed by atoms with Gasteiger partial charge < -0.3 is 20.6 Å². The second-order valence-electron chi connectivity index (χ2n) is 6.13. The highest BCUT2D eigenvalue weighted by molar-refractivity contribution is 7.10. The standard InChI is InChI=1S/C16H25N3O3S/c1-10-4-14(23-9-10)11(2)18-16(22)13-5-12(8-20)7-19(13)15(21)6-17-3/h4,9,11-13,17,20H,5-8H2,1-3H3,(H,18,22)/t11-,12?,13?/m1/s1. The molecule has 2 rings (SSSR count). The molecule has 0 bridgehead atoms. The molecular formula is C16H25N3O3S. The fourth-order valence-electron chi connectivity index (χ4n) is 2.89. The zero-order chi connectivity index (χ0) is 17.0. The van der Waals surface area contributed by atoms with Crippen molar-refractivity contribution in [3.05, 3.63) is 21.9 Å². The summed E-state index contributed by atoms with van der Waals surface area (Å²) in [6.07, 6.45) is 0.508. The maximum absolute atomic E-state index is 12.6. The fraction of sp³-hybridized carbons (Fsp3) is 0.625. The lowest BCUT2D eigenvalue weighted by Crippen LogP contribution is -2.48. The minimum absolute atomic E-state index is 0.00716. The molecular weight excluding hydrogens is 314 g/mol. The van der Waals surface area contributed by atoms with E-state index in [2.05, 4.69) is 22.1 Å². The zero-order valence-corrected chi connectivity index (χ0v) is 14.7. The first kappa shape index (κ1) is 17.9. The lowest BCUT2D eigenvalue weighted by molar-refractivity contribution is -0.138. The Morgan fingerprint density at radius 3 is 2.83 bits per heavy atom. The van der Waals surface area contributed by atoms with Crippen molar-refractivity contribution in [1.82, 2.24) is 15.5 Å². The number of likely N-dealkylation sites (N-methyl/N-ethyl adjacent to an activating group) is 1. The Morgan fingerprint density at radius 1 is 1.52 bits per heavy atom.